The van der Waals surface area contributed by atoms with E-state index in [2.05, 4.69) is 125 Å². The standard InChI is InChI=1S/C85H150O17P2/c1-5-9-13-17-21-25-29-32-35-37-39-41-44-47-51-54-58-62-66-70-83(88)96-76-81(102-85(90)72-68-64-60-56-52-48-45-42-40-38-36-33-30-26-22-18-14-10-6-2)78-100-104(93,94)98-74-79(86)73-97-103(91,92)99-77-80(101-84(89)71-67-63-59-55-49-28-24-20-16-12-8-4)75-95-82(87)69-65-61-57-53-50-46-43-34-31-27-23-19-15-11-7-3/h9-10,13-14,21-22,25-26,32-33,35-36,39-42,79-81,86H,5-8,11-12,15-20,23-24,27-31,34,37-38,43-78H2,1-4H3,(H,91,92)(H,93,94)/b13-9-,14-10-,25-21-,26-22-,35-32-,36-33-,41-39-,42-40-. The topological polar surface area (TPSA) is 237 Å². The predicted octanol–water partition coefficient (Wildman–Crippen LogP) is 24.3. The Morgan fingerprint density at radius 2 is 0.500 bits per heavy atom. The molecule has 0 radical (unpaired) electrons. The summed E-state index contributed by atoms with van der Waals surface area (Å²) in [5.41, 5.74) is 0. The Morgan fingerprint density at radius 3 is 0.769 bits per heavy atom. The maximum absolute atomic E-state index is 13.1. The fraction of sp³-hybridized carbons (Fsp3) is 0.765. The number of phosphoric ester groups is 2. The number of phosphoric acid groups is 2. The second-order valence-electron chi connectivity index (χ2n) is 27.7. The van der Waals surface area contributed by atoms with E-state index in [1.807, 2.05) is 0 Å². The highest BCUT2D eigenvalue weighted by molar-refractivity contribution is 7.47. The van der Waals surface area contributed by atoms with E-state index in [9.17, 15) is 43.2 Å². The first kappa shape index (κ1) is 100.0. The Balaban J connectivity index is 5.34. The monoisotopic (exact) mass is 1510 g/mol. The second-order valence-corrected chi connectivity index (χ2v) is 30.6. The maximum atomic E-state index is 13.1. The molecule has 19 heteroatoms. The van der Waals surface area contributed by atoms with Crippen molar-refractivity contribution >= 4 is 39.5 Å². The molecule has 0 saturated carbocycles. The summed E-state index contributed by atoms with van der Waals surface area (Å²) in [6.45, 7) is 4.68. The van der Waals surface area contributed by atoms with Crippen LogP contribution >= 0.6 is 15.6 Å². The number of unbranched alkanes of at least 4 members (excludes halogenated alkanes) is 36. The molecular weight excluding hydrogens is 1350 g/mol. The van der Waals surface area contributed by atoms with Crippen molar-refractivity contribution in [3.05, 3.63) is 97.2 Å². The Kier molecular flexibility index (Phi) is 74.2. The van der Waals surface area contributed by atoms with Gasteiger partial charge in [-0.25, -0.2) is 9.13 Å². The van der Waals surface area contributed by atoms with Crippen molar-refractivity contribution < 1.29 is 80.2 Å². The Hall–Kier alpha value is -4.02. The number of ether oxygens (including phenoxy) is 4. The van der Waals surface area contributed by atoms with E-state index >= 15 is 0 Å². The van der Waals surface area contributed by atoms with Crippen LogP contribution in [0.3, 0.4) is 0 Å². The van der Waals surface area contributed by atoms with Gasteiger partial charge in [0.05, 0.1) is 26.4 Å². The van der Waals surface area contributed by atoms with E-state index in [0.717, 1.165) is 173 Å². The molecule has 17 nitrogen and oxygen atoms in total. The molecule has 0 aromatic carbocycles. The number of rotatable bonds is 78. The van der Waals surface area contributed by atoms with Crippen LogP contribution in [0.1, 0.15) is 362 Å². The van der Waals surface area contributed by atoms with Gasteiger partial charge >= 0.3 is 39.5 Å². The van der Waals surface area contributed by atoms with Gasteiger partial charge in [0.15, 0.2) is 12.2 Å². The highest BCUT2D eigenvalue weighted by atomic mass is 31.2. The van der Waals surface area contributed by atoms with E-state index in [-0.39, 0.29) is 25.7 Å². The molecular formula is C85H150O17P2. The lowest BCUT2D eigenvalue weighted by Crippen LogP contribution is -2.30. The number of carbonyl (C=O) groups is 4. The summed E-state index contributed by atoms with van der Waals surface area (Å²) in [4.78, 5) is 73.1. The molecule has 0 fully saturated rings. The third-order valence-electron chi connectivity index (χ3n) is 17.6. The highest BCUT2D eigenvalue weighted by Gasteiger charge is 2.30. The molecule has 0 spiro atoms. The Morgan fingerprint density at radius 1 is 0.279 bits per heavy atom. The SMILES string of the molecule is CC/C=C\C/C=C\C/C=C\C/C=C\CCCCCCCCC(=O)OCC(COP(=O)(O)OCC(O)COP(=O)(O)OCC(COC(=O)CCCCCCCCCCCCCCCCC)OC(=O)CCCCCCCCCCCCC)OC(=O)CCCCCCCC/C=C\C/C=C\C/C=C\C/C=C\CC. The first-order valence-electron chi connectivity index (χ1n) is 41.5. The highest BCUT2D eigenvalue weighted by Crippen LogP contribution is 2.45. The summed E-state index contributed by atoms with van der Waals surface area (Å²) in [6, 6.07) is 0. The van der Waals surface area contributed by atoms with Crippen molar-refractivity contribution in [3.63, 3.8) is 0 Å². The summed E-state index contributed by atoms with van der Waals surface area (Å²) in [5, 5.41) is 10.6. The van der Waals surface area contributed by atoms with Crippen LogP contribution in [0.4, 0.5) is 0 Å². The number of aliphatic hydroxyl groups is 1. The first-order valence-corrected chi connectivity index (χ1v) is 44.5. The van der Waals surface area contributed by atoms with Gasteiger partial charge in [-0.05, 0) is 103 Å². The van der Waals surface area contributed by atoms with Crippen LogP contribution in [-0.4, -0.2) is 96.7 Å². The molecule has 0 aromatic rings. The average Bonchev–Trinajstić information content (AvgIpc) is 0.928. The van der Waals surface area contributed by atoms with Crippen LogP contribution in [0.15, 0.2) is 97.2 Å². The van der Waals surface area contributed by atoms with Gasteiger partial charge in [-0.3, -0.25) is 37.3 Å². The summed E-state index contributed by atoms with van der Waals surface area (Å²) in [7, 11) is -9.96. The van der Waals surface area contributed by atoms with Crippen molar-refractivity contribution in [2.45, 2.75) is 380 Å². The van der Waals surface area contributed by atoms with Gasteiger partial charge < -0.3 is 33.8 Å². The zero-order valence-electron chi connectivity index (χ0n) is 65.9. The molecule has 104 heavy (non-hydrogen) atoms. The van der Waals surface area contributed by atoms with Crippen molar-refractivity contribution in [1.29, 1.82) is 0 Å². The van der Waals surface area contributed by atoms with E-state index in [0.29, 0.717) is 25.7 Å². The van der Waals surface area contributed by atoms with Gasteiger partial charge in [0.1, 0.15) is 19.3 Å². The third kappa shape index (κ3) is 76.2. The number of allylic oxidation sites excluding steroid dienone is 16. The molecule has 0 saturated heterocycles. The number of hydrogen-bond donors (Lipinski definition) is 3. The molecule has 602 valence electrons. The lowest BCUT2D eigenvalue weighted by Gasteiger charge is -2.21. The minimum Gasteiger partial charge on any atom is -0.462 e. The smallest absolute Gasteiger partial charge is 0.462 e. The molecule has 3 N–H and O–H groups in total. The van der Waals surface area contributed by atoms with Crippen LogP contribution in [0, 0.1) is 0 Å². The van der Waals surface area contributed by atoms with E-state index in [4.69, 9.17) is 37.0 Å². The zero-order chi connectivity index (χ0) is 76.0. The summed E-state index contributed by atoms with van der Waals surface area (Å²) >= 11 is 0. The molecule has 0 heterocycles. The van der Waals surface area contributed by atoms with Gasteiger partial charge in [0.2, 0.25) is 0 Å². The van der Waals surface area contributed by atoms with Crippen molar-refractivity contribution in [2.75, 3.05) is 39.6 Å². The van der Waals surface area contributed by atoms with Crippen molar-refractivity contribution in [2.24, 2.45) is 0 Å². The van der Waals surface area contributed by atoms with Gasteiger partial charge in [0, 0.05) is 25.7 Å². The minimum atomic E-state index is -4.98. The van der Waals surface area contributed by atoms with Crippen LogP contribution in [-0.2, 0) is 65.4 Å². The lowest BCUT2D eigenvalue weighted by molar-refractivity contribution is -0.161. The van der Waals surface area contributed by atoms with Crippen molar-refractivity contribution in [1.82, 2.24) is 0 Å². The number of carbonyl (C=O) groups excluding carboxylic acids is 4. The number of esters is 4. The lowest BCUT2D eigenvalue weighted by atomic mass is 10.0. The number of hydrogen-bond acceptors (Lipinski definition) is 15. The fourth-order valence-electron chi connectivity index (χ4n) is 11.3. The van der Waals surface area contributed by atoms with Crippen LogP contribution < -0.4 is 0 Å². The van der Waals surface area contributed by atoms with Crippen LogP contribution in [0.25, 0.3) is 0 Å². The fourth-order valence-corrected chi connectivity index (χ4v) is 12.9. The minimum absolute atomic E-state index is 0.0755. The van der Waals surface area contributed by atoms with Gasteiger partial charge in [-0.1, -0.05) is 330 Å². The molecule has 0 bridgehead atoms. The normalized spacial score (nSPS) is 14.3. The quantitative estimate of drug-likeness (QED) is 0.0169. The molecule has 0 aliphatic rings. The zero-order valence-corrected chi connectivity index (χ0v) is 67.7. The number of aliphatic hydroxyl groups excluding tert-OH is 1. The average molecular weight is 1510 g/mol. The molecule has 0 aliphatic carbocycles. The Labute approximate surface area is 633 Å². The van der Waals surface area contributed by atoms with Crippen LogP contribution in [0.5, 0.6) is 0 Å². The van der Waals surface area contributed by atoms with Gasteiger partial charge in [-0.2, -0.15) is 0 Å². The summed E-state index contributed by atoms with van der Waals surface area (Å²) in [5.74, 6) is -2.18. The first-order chi connectivity index (χ1) is 50.7. The molecule has 0 aliphatic heterocycles. The summed E-state index contributed by atoms with van der Waals surface area (Å²) < 4.78 is 68.7. The van der Waals surface area contributed by atoms with Crippen molar-refractivity contribution in [3.8, 4) is 0 Å². The van der Waals surface area contributed by atoms with E-state index < -0.39 is 97.5 Å². The van der Waals surface area contributed by atoms with Gasteiger partial charge in [0.25, 0.3) is 0 Å². The molecule has 0 aromatic heterocycles. The summed E-state index contributed by atoms with van der Waals surface area (Å²) in [6.07, 6.45) is 82.3. The van der Waals surface area contributed by atoms with Crippen LogP contribution in [0.2, 0.25) is 0 Å². The molecule has 0 amide bonds. The third-order valence-corrected chi connectivity index (χ3v) is 19.5. The molecule has 0 rings (SSSR count). The largest absolute Gasteiger partial charge is 0.472 e. The molecule has 5 atom stereocenters. The second kappa shape index (κ2) is 77.1. The van der Waals surface area contributed by atoms with E-state index in [1.165, 1.54) is 109 Å². The predicted molar refractivity (Wildman–Crippen MR) is 427 cm³/mol. The van der Waals surface area contributed by atoms with Gasteiger partial charge in [-0.15, -0.1) is 0 Å². The van der Waals surface area contributed by atoms with E-state index in [1.54, 1.807) is 0 Å². The molecule has 5 unspecified atom stereocenters. The Bertz CT molecular complexity index is 2350. The maximum Gasteiger partial charge on any atom is 0.472 e.